The number of aromatic nitrogens is 5. The Kier molecular flexibility index (Phi) is 4.36. The Morgan fingerprint density at radius 2 is 1.97 bits per heavy atom. The van der Waals surface area contributed by atoms with Gasteiger partial charge in [-0.05, 0) is 44.4 Å². The maximum absolute atomic E-state index is 13.1. The number of carbonyl (C=O) groups is 1. The minimum atomic E-state index is -0.519. The van der Waals surface area contributed by atoms with Gasteiger partial charge in [0.25, 0.3) is 5.56 Å². The maximum atomic E-state index is 13.1. The molecular formula is C21H29N5O3. The Balaban J connectivity index is 2.00. The Labute approximate surface area is 168 Å². The van der Waals surface area contributed by atoms with E-state index in [2.05, 4.69) is 25.3 Å². The third-order valence-corrected chi connectivity index (χ3v) is 6.18. The van der Waals surface area contributed by atoms with Crippen LogP contribution in [0.1, 0.15) is 58.7 Å². The summed E-state index contributed by atoms with van der Waals surface area (Å²) in [5, 5.41) is 0. The second-order valence-corrected chi connectivity index (χ2v) is 9.60. The van der Waals surface area contributed by atoms with E-state index in [9.17, 15) is 14.4 Å². The monoisotopic (exact) mass is 399 g/mol. The number of imidazole rings is 2. The highest BCUT2D eigenvalue weighted by atomic mass is 16.2. The molecular weight excluding hydrogens is 370 g/mol. The number of Topliss-reactive ketones (excluding diaryl/α,β-unsaturated/α-hetero) is 1. The van der Waals surface area contributed by atoms with Gasteiger partial charge in [0.15, 0.2) is 11.2 Å². The third-order valence-electron chi connectivity index (χ3n) is 6.18. The van der Waals surface area contributed by atoms with E-state index in [0.717, 1.165) is 23.1 Å². The van der Waals surface area contributed by atoms with Crippen LogP contribution in [0.25, 0.3) is 16.9 Å². The van der Waals surface area contributed by atoms with Crippen molar-refractivity contribution in [3.05, 3.63) is 32.7 Å². The molecule has 4 rings (SSSR count). The first kappa shape index (κ1) is 19.7. The molecule has 3 heterocycles. The van der Waals surface area contributed by atoms with Crippen LogP contribution in [0.3, 0.4) is 0 Å². The lowest BCUT2D eigenvalue weighted by Gasteiger charge is -2.39. The SMILES string of the molecule is CC(=O)Cn1c(=O)c2c(nc3n([C@@H]4C[C@H](C)CC(C)(C)C4)c(C)cn23)n(C)c1=O. The molecule has 0 bridgehead atoms. The van der Waals surface area contributed by atoms with Crippen molar-refractivity contribution >= 4 is 22.7 Å². The topological polar surface area (TPSA) is 83.3 Å². The summed E-state index contributed by atoms with van der Waals surface area (Å²) >= 11 is 0. The predicted octanol–water partition coefficient (Wildman–Crippen LogP) is 2.43. The van der Waals surface area contributed by atoms with Crippen molar-refractivity contribution in [2.75, 3.05) is 0 Å². The van der Waals surface area contributed by atoms with Crippen LogP contribution in [-0.4, -0.2) is 28.9 Å². The van der Waals surface area contributed by atoms with Gasteiger partial charge in [0.2, 0.25) is 5.78 Å². The van der Waals surface area contributed by atoms with Gasteiger partial charge < -0.3 is 4.57 Å². The second-order valence-electron chi connectivity index (χ2n) is 9.60. The maximum Gasteiger partial charge on any atom is 0.332 e. The van der Waals surface area contributed by atoms with E-state index >= 15 is 0 Å². The van der Waals surface area contributed by atoms with Crippen molar-refractivity contribution < 1.29 is 4.79 Å². The lowest BCUT2D eigenvalue weighted by Crippen LogP contribution is -2.40. The van der Waals surface area contributed by atoms with Crippen LogP contribution in [-0.2, 0) is 18.4 Å². The highest BCUT2D eigenvalue weighted by Crippen LogP contribution is 2.44. The summed E-state index contributed by atoms with van der Waals surface area (Å²) < 4.78 is 6.36. The number of fused-ring (bicyclic) bond motifs is 3. The fourth-order valence-electron chi connectivity index (χ4n) is 5.33. The second kappa shape index (κ2) is 6.43. The van der Waals surface area contributed by atoms with E-state index in [-0.39, 0.29) is 17.7 Å². The smallest absolute Gasteiger partial charge is 0.311 e. The molecule has 1 fully saturated rings. The number of aryl methyl sites for hydroxylation is 2. The number of carbonyl (C=O) groups excluding carboxylic acids is 1. The molecule has 156 valence electrons. The Bertz CT molecular complexity index is 1250. The van der Waals surface area contributed by atoms with E-state index in [1.165, 1.54) is 17.9 Å². The molecule has 0 saturated heterocycles. The molecule has 29 heavy (non-hydrogen) atoms. The van der Waals surface area contributed by atoms with Crippen molar-refractivity contribution in [2.45, 2.75) is 66.5 Å². The summed E-state index contributed by atoms with van der Waals surface area (Å²) in [6.45, 7) is 10.1. The van der Waals surface area contributed by atoms with Gasteiger partial charge in [-0.2, -0.15) is 4.98 Å². The van der Waals surface area contributed by atoms with Crippen LogP contribution in [0.15, 0.2) is 15.8 Å². The van der Waals surface area contributed by atoms with Gasteiger partial charge in [-0.25, -0.2) is 4.79 Å². The van der Waals surface area contributed by atoms with E-state index in [0.29, 0.717) is 28.9 Å². The van der Waals surface area contributed by atoms with Crippen molar-refractivity contribution in [3.63, 3.8) is 0 Å². The Hall–Kier alpha value is -2.64. The normalized spacial score (nSPS) is 21.9. The molecule has 0 spiro atoms. The molecule has 1 aliphatic carbocycles. The first-order chi connectivity index (χ1) is 13.5. The van der Waals surface area contributed by atoms with E-state index in [1.54, 1.807) is 11.4 Å². The molecule has 2 atom stereocenters. The lowest BCUT2D eigenvalue weighted by atomic mass is 9.70. The van der Waals surface area contributed by atoms with Gasteiger partial charge in [0.05, 0.1) is 6.54 Å². The molecule has 0 aromatic carbocycles. The van der Waals surface area contributed by atoms with Crippen LogP contribution >= 0.6 is 0 Å². The molecule has 3 aromatic rings. The zero-order chi connectivity index (χ0) is 21.2. The number of hydrogen-bond acceptors (Lipinski definition) is 4. The molecule has 0 radical (unpaired) electrons. The molecule has 1 aliphatic rings. The molecule has 8 nitrogen and oxygen atoms in total. The van der Waals surface area contributed by atoms with Crippen molar-refractivity contribution in [1.29, 1.82) is 0 Å². The number of rotatable bonds is 3. The Morgan fingerprint density at radius 3 is 2.59 bits per heavy atom. The molecule has 1 saturated carbocycles. The summed E-state index contributed by atoms with van der Waals surface area (Å²) in [7, 11) is 1.59. The average Bonchev–Trinajstić information content (AvgIpc) is 3.09. The van der Waals surface area contributed by atoms with Crippen LogP contribution < -0.4 is 11.2 Å². The van der Waals surface area contributed by atoms with Crippen LogP contribution in [0.4, 0.5) is 0 Å². The van der Waals surface area contributed by atoms with Crippen LogP contribution in [0.5, 0.6) is 0 Å². The first-order valence-electron chi connectivity index (χ1n) is 10.2. The molecule has 0 N–H and O–H groups in total. The van der Waals surface area contributed by atoms with Gasteiger partial charge in [-0.3, -0.25) is 23.1 Å². The van der Waals surface area contributed by atoms with Crippen LogP contribution in [0, 0.1) is 18.3 Å². The van der Waals surface area contributed by atoms with E-state index in [1.807, 2.05) is 13.1 Å². The molecule has 0 aliphatic heterocycles. The van der Waals surface area contributed by atoms with Gasteiger partial charge in [0, 0.05) is 25.0 Å². The molecule has 8 heteroatoms. The number of ketones is 1. The zero-order valence-electron chi connectivity index (χ0n) is 18.0. The third kappa shape index (κ3) is 3.05. The quantitative estimate of drug-likeness (QED) is 0.677. The average molecular weight is 399 g/mol. The highest BCUT2D eigenvalue weighted by Gasteiger charge is 2.34. The van der Waals surface area contributed by atoms with Gasteiger partial charge >= 0.3 is 5.69 Å². The molecule has 3 aromatic heterocycles. The van der Waals surface area contributed by atoms with Crippen LogP contribution in [0.2, 0.25) is 0 Å². The number of hydrogen-bond donors (Lipinski definition) is 0. The van der Waals surface area contributed by atoms with Gasteiger partial charge in [0.1, 0.15) is 5.78 Å². The predicted molar refractivity (Wildman–Crippen MR) is 111 cm³/mol. The largest absolute Gasteiger partial charge is 0.332 e. The van der Waals surface area contributed by atoms with Crippen molar-refractivity contribution in [3.8, 4) is 0 Å². The fraction of sp³-hybridized carbons (Fsp3) is 0.619. The minimum absolute atomic E-state index is 0.233. The summed E-state index contributed by atoms with van der Waals surface area (Å²) in [6.07, 6.45) is 5.21. The molecule has 0 unspecified atom stereocenters. The zero-order valence-corrected chi connectivity index (χ0v) is 18.0. The number of nitrogens with zero attached hydrogens (tertiary/aromatic N) is 5. The summed E-state index contributed by atoms with van der Waals surface area (Å²) in [6, 6.07) is 0.291. The Morgan fingerprint density at radius 1 is 1.28 bits per heavy atom. The first-order valence-corrected chi connectivity index (χ1v) is 10.2. The lowest BCUT2D eigenvalue weighted by molar-refractivity contribution is -0.117. The standard InChI is InChI=1S/C21H29N5O3/c1-12-7-15(9-21(4,5)8-12)26-13(2)10-24-16-17(22-19(24)26)23(6)20(29)25(18(16)28)11-14(3)27/h10,12,15H,7-9,11H2,1-6H3/t12-,15+/m0/s1. The summed E-state index contributed by atoms with van der Waals surface area (Å²) in [4.78, 5) is 42.0. The minimum Gasteiger partial charge on any atom is -0.311 e. The summed E-state index contributed by atoms with van der Waals surface area (Å²) in [5.74, 6) is 1.05. The van der Waals surface area contributed by atoms with Crippen molar-refractivity contribution in [1.82, 2.24) is 23.1 Å². The van der Waals surface area contributed by atoms with E-state index < -0.39 is 11.2 Å². The van der Waals surface area contributed by atoms with E-state index in [4.69, 9.17) is 4.98 Å². The van der Waals surface area contributed by atoms with Gasteiger partial charge in [-0.1, -0.05) is 20.8 Å². The van der Waals surface area contributed by atoms with Crippen molar-refractivity contribution in [2.24, 2.45) is 18.4 Å². The highest BCUT2D eigenvalue weighted by molar-refractivity contribution is 5.78. The fourth-order valence-corrected chi connectivity index (χ4v) is 5.33. The summed E-state index contributed by atoms with van der Waals surface area (Å²) in [5.41, 5.74) is 0.980. The van der Waals surface area contributed by atoms with Gasteiger partial charge in [-0.15, -0.1) is 0 Å². The molecule has 0 amide bonds.